The lowest BCUT2D eigenvalue weighted by molar-refractivity contribution is -0.130. The van der Waals surface area contributed by atoms with Gasteiger partial charge < -0.3 is 4.74 Å². The van der Waals surface area contributed by atoms with Gasteiger partial charge in [-0.15, -0.1) is 11.3 Å². The fourth-order valence-electron chi connectivity index (χ4n) is 3.36. The number of aromatic nitrogens is 2. The van der Waals surface area contributed by atoms with Crippen molar-refractivity contribution in [1.82, 2.24) is 20.4 Å². The third kappa shape index (κ3) is 5.54. The highest BCUT2D eigenvalue weighted by Crippen LogP contribution is 2.30. The fourth-order valence-corrected chi connectivity index (χ4v) is 4.27. The molecule has 35 heavy (non-hydrogen) atoms. The molecule has 0 saturated carbocycles. The summed E-state index contributed by atoms with van der Waals surface area (Å²) in [5.41, 5.74) is 7.49. The molecule has 2 N–H and O–H groups in total. The number of nitrogens with one attached hydrogen (secondary N) is 2. The molecule has 0 unspecified atom stereocenters. The number of aryl methyl sites for hydroxylation is 2. The number of hydrogen-bond acceptors (Lipinski definition) is 7. The van der Waals surface area contributed by atoms with Crippen LogP contribution in [0.25, 0.3) is 21.3 Å². The Kier molecular flexibility index (Phi) is 7.18. The molecule has 2 amide bonds. The van der Waals surface area contributed by atoms with Crippen molar-refractivity contribution in [2.75, 3.05) is 6.61 Å². The number of hydrogen-bond donors (Lipinski definition) is 2. The highest BCUT2D eigenvalue weighted by molar-refractivity contribution is 7.17. The average Bonchev–Trinajstić information content (AvgIpc) is 3.31. The van der Waals surface area contributed by atoms with Gasteiger partial charge in [0.1, 0.15) is 16.6 Å². The van der Waals surface area contributed by atoms with E-state index in [0.717, 1.165) is 16.7 Å². The van der Waals surface area contributed by atoms with Gasteiger partial charge in [0, 0.05) is 23.9 Å². The van der Waals surface area contributed by atoms with Gasteiger partial charge in [-0.3, -0.25) is 29.8 Å². The minimum absolute atomic E-state index is 0.0461. The molecule has 0 aliphatic carbocycles. The summed E-state index contributed by atoms with van der Waals surface area (Å²) in [4.78, 5) is 42.2. The monoisotopic (exact) mass is 487 g/mol. The standard InChI is InChI=1S/C25H21N5O4S/c1-16-6-8-17(9-7-16)19-14-35-24-23(19)25(33)30(15-27-24)11-10-21(31)28-29-22(32)13-34-20-5-3-2-4-18(20)12-26/h2-9,14-15H,10-11,13H2,1H3,(H,28,31)(H,29,32). The van der Waals surface area contributed by atoms with Gasteiger partial charge in [-0.2, -0.15) is 5.26 Å². The molecule has 0 radical (unpaired) electrons. The summed E-state index contributed by atoms with van der Waals surface area (Å²) in [7, 11) is 0. The number of nitriles is 1. The molecule has 0 saturated heterocycles. The van der Waals surface area contributed by atoms with Gasteiger partial charge in [-0.1, -0.05) is 42.0 Å². The van der Waals surface area contributed by atoms with Crippen molar-refractivity contribution >= 4 is 33.4 Å². The van der Waals surface area contributed by atoms with E-state index in [1.54, 1.807) is 24.3 Å². The predicted octanol–water partition coefficient (Wildman–Crippen LogP) is 2.92. The molecule has 0 aliphatic rings. The Labute approximate surface area is 204 Å². The highest BCUT2D eigenvalue weighted by atomic mass is 32.1. The molecular weight excluding hydrogens is 466 g/mol. The van der Waals surface area contributed by atoms with Crippen LogP contribution in [0.2, 0.25) is 0 Å². The minimum Gasteiger partial charge on any atom is -0.482 e. The van der Waals surface area contributed by atoms with Crippen LogP contribution in [0, 0.1) is 18.3 Å². The second-order valence-corrected chi connectivity index (χ2v) is 8.54. The normalized spacial score (nSPS) is 10.5. The van der Waals surface area contributed by atoms with Crippen molar-refractivity contribution in [3.05, 3.63) is 81.7 Å². The quantitative estimate of drug-likeness (QED) is 0.386. The number of para-hydroxylation sites is 1. The van der Waals surface area contributed by atoms with Crippen molar-refractivity contribution in [2.45, 2.75) is 19.9 Å². The number of benzene rings is 2. The van der Waals surface area contributed by atoms with Gasteiger partial charge in [0.2, 0.25) is 5.91 Å². The first-order valence-corrected chi connectivity index (χ1v) is 11.6. The van der Waals surface area contributed by atoms with Gasteiger partial charge in [-0.05, 0) is 24.6 Å². The Morgan fingerprint density at radius 2 is 1.86 bits per heavy atom. The fraction of sp³-hybridized carbons (Fsp3) is 0.160. The van der Waals surface area contributed by atoms with Crippen LogP contribution in [0.15, 0.2) is 65.0 Å². The number of carbonyl (C=O) groups is 2. The van der Waals surface area contributed by atoms with Crippen LogP contribution in [-0.4, -0.2) is 28.0 Å². The van der Waals surface area contributed by atoms with E-state index in [0.29, 0.717) is 15.8 Å². The SMILES string of the molecule is Cc1ccc(-c2csc3ncn(CCC(=O)NNC(=O)COc4ccccc4C#N)c(=O)c23)cc1. The van der Waals surface area contributed by atoms with Crippen LogP contribution in [0.3, 0.4) is 0 Å². The molecule has 4 rings (SSSR count). The molecule has 176 valence electrons. The molecule has 0 fully saturated rings. The number of nitrogens with zero attached hydrogens (tertiary/aromatic N) is 3. The molecule has 10 heteroatoms. The van der Waals surface area contributed by atoms with Crippen LogP contribution >= 0.6 is 11.3 Å². The number of carbonyl (C=O) groups excluding carboxylic acids is 2. The van der Waals surface area contributed by atoms with E-state index in [4.69, 9.17) is 10.00 Å². The van der Waals surface area contributed by atoms with Crippen LogP contribution in [0.5, 0.6) is 5.75 Å². The van der Waals surface area contributed by atoms with Crippen LogP contribution in [0.1, 0.15) is 17.5 Å². The van der Waals surface area contributed by atoms with E-state index in [9.17, 15) is 14.4 Å². The van der Waals surface area contributed by atoms with E-state index in [2.05, 4.69) is 15.8 Å². The van der Waals surface area contributed by atoms with Gasteiger partial charge in [0.25, 0.3) is 11.5 Å². The first-order valence-electron chi connectivity index (χ1n) is 10.7. The molecule has 2 aromatic heterocycles. The summed E-state index contributed by atoms with van der Waals surface area (Å²) in [6, 6.07) is 16.4. The van der Waals surface area contributed by atoms with E-state index >= 15 is 0 Å². The average molecular weight is 488 g/mol. The Morgan fingerprint density at radius 1 is 1.11 bits per heavy atom. The first-order chi connectivity index (χ1) is 17.0. The van der Waals surface area contributed by atoms with Gasteiger partial charge >= 0.3 is 0 Å². The molecule has 0 spiro atoms. The van der Waals surface area contributed by atoms with Crippen molar-refractivity contribution < 1.29 is 14.3 Å². The second-order valence-electron chi connectivity index (χ2n) is 7.68. The van der Waals surface area contributed by atoms with E-state index < -0.39 is 11.8 Å². The molecule has 0 atom stereocenters. The van der Waals surface area contributed by atoms with Crippen molar-refractivity contribution in [2.24, 2.45) is 0 Å². The summed E-state index contributed by atoms with van der Waals surface area (Å²) in [6.07, 6.45) is 1.38. The Bertz CT molecular complexity index is 1480. The van der Waals surface area contributed by atoms with Crippen molar-refractivity contribution in [3.8, 4) is 22.9 Å². The van der Waals surface area contributed by atoms with Crippen LogP contribution in [0.4, 0.5) is 0 Å². The van der Waals surface area contributed by atoms with Gasteiger partial charge in [0.05, 0.1) is 17.3 Å². The highest BCUT2D eigenvalue weighted by Gasteiger charge is 2.14. The molecule has 4 aromatic rings. The van der Waals surface area contributed by atoms with Gasteiger partial charge in [-0.25, -0.2) is 4.98 Å². The zero-order valence-corrected chi connectivity index (χ0v) is 19.6. The summed E-state index contributed by atoms with van der Waals surface area (Å²) in [6.45, 7) is 1.72. The van der Waals surface area contributed by atoms with Gasteiger partial charge in [0.15, 0.2) is 6.61 Å². The molecule has 9 nitrogen and oxygen atoms in total. The number of hydrazine groups is 1. The summed E-state index contributed by atoms with van der Waals surface area (Å²) in [5.74, 6) is -0.795. The van der Waals surface area contributed by atoms with E-state index in [1.165, 1.54) is 22.2 Å². The maximum atomic E-state index is 13.1. The topological polar surface area (TPSA) is 126 Å². The van der Waals surface area contributed by atoms with Crippen LogP contribution in [-0.2, 0) is 16.1 Å². The number of thiophene rings is 1. The lowest BCUT2D eigenvalue weighted by atomic mass is 10.1. The molecule has 2 heterocycles. The Morgan fingerprint density at radius 3 is 2.63 bits per heavy atom. The summed E-state index contributed by atoms with van der Waals surface area (Å²) >= 11 is 1.40. The van der Waals surface area contributed by atoms with E-state index in [-0.39, 0.29) is 30.9 Å². The second kappa shape index (κ2) is 10.6. The third-order valence-corrected chi connectivity index (χ3v) is 6.10. The van der Waals surface area contributed by atoms with E-state index in [1.807, 2.05) is 42.6 Å². The van der Waals surface area contributed by atoms with Crippen molar-refractivity contribution in [3.63, 3.8) is 0 Å². The summed E-state index contributed by atoms with van der Waals surface area (Å²) < 4.78 is 6.70. The number of fused-ring (bicyclic) bond motifs is 1. The lowest BCUT2D eigenvalue weighted by Gasteiger charge is -2.10. The Balaban J connectivity index is 1.34. The smallest absolute Gasteiger partial charge is 0.276 e. The van der Waals surface area contributed by atoms with Crippen LogP contribution < -0.4 is 21.1 Å². The van der Waals surface area contributed by atoms with Crippen molar-refractivity contribution in [1.29, 1.82) is 5.26 Å². The maximum Gasteiger partial charge on any atom is 0.276 e. The number of rotatable bonds is 7. The molecular formula is C25H21N5O4S. The predicted molar refractivity (Wildman–Crippen MR) is 132 cm³/mol. The third-order valence-electron chi connectivity index (χ3n) is 5.21. The molecule has 0 aliphatic heterocycles. The lowest BCUT2D eigenvalue weighted by Crippen LogP contribution is -2.44. The zero-order valence-electron chi connectivity index (χ0n) is 18.8. The summed E-state index contributed by atoms with van der Waals surface area (Å²) in [5, 5.41) is 11.5. The number of ether oxygens (including phenoxy) is 1. The first kappa shape index (κ1) is 23.7. The zero-order chi connectivity index (χ0) is 24.8. The largest absolute Gasteiger partial charge is 0.482 e. The Hall–Kier alpha value is -4.49. The molecule has 2 aromatic carbocycles. The maximum absolute atomic E-state index is 13.1. The molecule has 0 bridgehead atoms. The minimum atomic E-state index is -0.590. The number of amides is 2.